The number of esters is 2. The zero-order valence-electron chi connectivity index (χ0n) is 43.8. The van der Waals surface area contributed by atoms with Gasteiger partial charge in [0.15, 0.2) is 0 Å². The van der Waals surface area contributed by atoms with Crippen molar-refractivity contribution < 1.29 is 28.7 Å². The molecule has 0 aromatic rings. The van der Waals surface area contributed by atoms with Crippen molar-refractivity contribution >= 4 is 23.8 Å². The topological polar surface area (TPSA) is 102 Å². The summed E-state index contributed by atoms with van der Waals surface area (Å²) in [5.41, 5.74) is 5.19. The molecule has 0 fully saturated rings. The zero-order chi connectivity index (χ0) is 48.5. The van der Waals surface area contributed by atoms with E-state index < -0.39 is 0 Å². The Balaban J connectivity index is 2.47. The average Bonchev–Trinajstić information content (AvgIpc) is 3.27. The Hall–Kier alpha value is -3.42. The zero-order valence-corrected chi connectivity index (χ0v) is 43.8. The smallest absolute Gasteiger partial charge is 0.305 e. The first kappa shape index (κ1) is 60.6. The fraction of sp³-hybridized carbons (Fsp3) is 0.759. The van der Waals surface area contributed by atoms with E-state index in [2.05, 4.69) is 65.1 Å². The van der Waals surface area contributed by atoms with Crippen LogP contribution in [-0.2, 0) is 28.7 Å². The third kappa shape index (κ3) is 34.0. The summed E-state index contributed by atoms with van der Waals surface area (Å²) in [6, 6.07) is 0. The molecule has 0 atom stereocenters. The summed E-state index contributed by atoms with van der Waals surface area (Å²) in [5, 5.41) is 2.97. The molecule has 0 saturated carbocycles. The maximum atomic E-state index is 13.4. The number of carbonyl (C=O) groups is 4. The molecular formula is C58H100N2O6. The molecule has 0 spiro atoms. The summed E-state index contributed by atoms with van der Waals surface area (Å²) in [7, 11) is 0. The third-order valence-electron chi connectivity index (χ3n) is 13.1. The van der Waals surface area contributed by atoms with Gasteiger partial charge < -0.3 is 19.7 Å². The highest BCUT2D eigenvalue weighted by Crippen LogP contribution is 2.40. The molecule has 1 N–H and O–H groups in total. The predicted molar refractivity (Wildman–Crippen MR) is 278 cm³/mol. The number of amides is 2. The first-order chi connectivity index (χ1) is 31.9. The summed E-state index contributed by atoms with van der Waals surface area (Å²) < 4.78 is 11.1. The van der Waals surface area contributed by atoms with Gasteiger partial charge in [-0.05, 0) is 82.3 Å². The molecule has 1 aliphatic rings. The lowest BCUT2D eigenvalue weighted by Gasteiger charge is -2.32. The van der Waals surface area contributed by atoms with Crippen LogP contribution in [0.1, 0.15) is 248 Å². The molecule has 1 rings (SSSR count). The van der Waals surface area contributed by atoms with E-state index in [0.29, 0.717) is 32.2 Å². The minimum atomic E-state index is -0.221. The van der Waals surface area contributed by atoms with Gasteiger partial charge in [0.05, 0.1) is 13.1 Å². The number of nitrogens with one attached hydrogen (secondary N) is 1. The van der Waals surface area contributed by atoms with E-state index in [4.69, 9.17) is 9.47 Å². The van der Waals surface area contributed by atoms with E-state index in [1.165, 1.54) is 133 Å². The minimum Gasteiger partial charge on any atom is -0.464 e. The summed E-state index contributed by atoms with van der Waals surface area (Å²) in [4.78, 5) is 52.6. The van der Waals surface area contributed by atoms with Gasteiger partial charge in [-0.25, -0.2) is 0 Å². The van der Waals surface area contributed by atoms with Gasteiger partial charge in [-0.2, -0.15) is 0 Å². The van der Waals surface area contributed by atoms with Crippen molar-refractivity contribution in [3.63, 3.8) is 0 Å². The predicted octanol–water partition coefficient (Wildman–Crippen LogP) is 15.5. The molecule has 8 nitrogen and oxygen atoms in total. The molecule has 0 heterocycles. The van der Waals surface area contributed by atoms with Crippen molar-refractivity contribution in [3.05, 3.63) is 58.7 Å². The number of hydrogen-bond donors (Lipinski definition) is 1. The summed E-state index contributed by atoms with van der Waals surface area (Å²) in [6.45, 7) is 16.8. The first-order valence-corrected chi connectivity index (χ1v) is 27.2. The molecule has 0 unspecified atom stereocenters. The van der Waals surface area contributed by atoms with Crippen molar-refractivity contribution in [3.8, 4) is 0 Å². The van der Waals surface area contributed by atoms with Crippen molar-refractivity contribution in [2.75, 3.05) is 32.8 Å². The van der Waals surface area contributed by atoms with Crippen LogP contribution in [0.25, 0.3) is 0 Å². The molecule has 2 amide bonds. The fourth-order valence-electron chi connectivity index (χ4n) is 8.80. The van der Waals surface area contributed by atoms with Crippen LogP contribution in [0, 0.1) is 5.41 Å². The van der Waals surface area contributed by atoms with E-state index in [-0.39, 0.29) is 55.5 Å². The largest absolute Gasteiger partial charge is 0.464 e. The molecule has 0 saturated heterocycles. The quantitative estimate of drug-likeness (QED) is 0.0284. The fourth-order valence-corrected chi connectivity index (χ4v) is 8.80. The van der Waals surface area contributed by atoms with Gasteiger partial charge in [0.1, 0.15) is 13.2 Å². The number of rotatable bonds is 41. The highest BCUT2D eigenvalue weighted by atomic mass is 16.5. The number of carbonyl (C=O) groups excluding carboxylic acids is 4. The minimum absolute atomic E-state index is 0.0444. The third-order valence-corrected chi connectivity index (χ3v) is 13.1. The van der Waals surface area contributed by atoms with Gasteiger partial charge in [-0.3, -0.25) is 19.2 Å². The van der Waals surface area contributed by atoms with Gasteiger partial charge in [0.25, 0.3) is 0 Å². The van der Waals surface area contributed by atoms with Gasteiger partial charge in [-0.15, -0.1) is 0 Å². The Bertz CT molecular complexity index is 1430. The van der Waals surface area contributed by atoms with E-state index in [1.54, 1.807) is 11.0 Å². The maximum absolute atomic E-state index is 13.4. The van der Waals surface area contributed by atoms with Crippen LogP contribution in [0.5, 0.6) is 0 Å². The van der Waals surface area contributed by atoms with E-state index in [0.717, 1.165) is 62.5 Å². The van der Waals surface area contributed by atoms with E-state index in [9.17, 15) is 19.2 Å². The molecule has 0 aliphatic heterocycles. The van der Waals surface area contributed by atoms with Crippen molar-refractivity contribution in [2.45, 2.75) is 248 Å². The maximum Gasteiger partial charge on any atom is 0.305 e. The second-order valence-electron chi connectivity index (χ2n) is 19.9. The number of ether oxygens (including phenoxy) is 2. The molecule has 0 radical (unpaired) electrons. The van der Waals surface area contributed by atoms with Crippen LogP contribution in [0.4, 0.5) is 0 Å². The van der Waals surface area contributed by atoms with Crippen LogP contribution in [0.2, 0.25) is 0 Å². The van der Waals surface area contributed by atoms with Crippen molar-refractivity contribution in [2.24, 2.45) is 5.41 Å². The number of nitrogens with zero attached hydrogens (tertiary/aromatic N) is 1. The van der Waals surface area contributed by atoms with Crippen LogP contribution < -0.4 is 5.32 Å². The molecule has 1 aliphatic carbocycles. The molecule has 66 heavy (non-hydrogen) atoms. The average molecular weight is 921 g/mol. The van der Waals surface area contributed by atoms with E-state index >= 15 is 0 Å². The molecule has 0 bridgehead atoms. The number of allylic oxidation sites excluding steroid dienone is 9. The van der Waals surface area contributed by atoms with Crippen LogP contribution in [-0.4, -0.2) is 61.5 Å². The van der Waals surface area contributed by atoms with Gasteiger partial charge in [-0.1, -0.05) is 204 Å². The lowest BCUT2D eigenvalue weighted by Crippen LogP contribution is -2.37. The van der Waals surface area contributed by atoms with Crippen LogP contribution >= 0.6 is 0 Å². The Morgan fingerprint density at radius 2 is 1.06 bits per heavy atom. The van der Waals surface area contributed by atoms with Crippen molar-refractivity contribution in [1.29, 1.82) is 0 Å². The lowest BCUT2D eigenvalue weighted by molar-refractivity contribution is -0.147. The Morgan fingerprint density at radius 3 is 1.55 bits per heavy atom. The normalized spacial score (nSPS) is 14.3. The molecular weight excluding hydrogens is 821 g/mol. The molecule has 8 heteroatoms. The number of unbranched alkanes of at least 4 members (excludes halogenated alkanes) is 22. The highest BCUT2D eigenvalue weighted by molar-refractivity contribution is 5.88. The molecule has 378 valence electrons. The van der Waals surface area contributed by atoms with Crippen LogP contribution in [0.15, 0.2) is 58.7 Å². The van der Waals surface area contributed by atoms with Gasteiger partial charge >= 0.3 is 11.9 Å². The van der Waals surface area contributed by atoms with E-state index in [1.807, 2.05) is 19.1 Å². The monoisotopic (exact) mass is 921 g/mol. The molecule has 0 aromatic carbocycles. The second kappa shape index (κ2) is 40.6. The standard InChI is InChI=1S/C58H100N2O6/c1-8-10-12-14-16-18-20-22-24-26-30-39-56(63)65-47-45-60(46-48-66-57(64)40-31-27-25-23-21-19-17-15-13-11-9-2)55(62)38-29-28-32-44-59-54(61)49-51(4)36-33-35-50(3)41-42-53-52(5)37-34-43-58(53,6)7/h33,35-36,41-42,49H,8-32,34,37-40,43-48H2,1-7H3,(H,59,61). The highest BCUT2D eigenvalue weighted by Gasteiger charge is 2.26. The summed E-state index contributed by atoms with van der Waals surface area (Å²) in [5.74, 6) is -0.612. The van der Waals surface area contributed by atoms with Crippen LogP contribution in [0.3, 0.4) is 0 Å². The van der Waals surface area contributed by atoms with Gasteiger partial charge in [0, 0.05) is 31.9 Å². The van der Waals surface area contributed by atoms with Gasteiger partial charge in [0.2, 0.25) is 11.8 Å². The summed E-state index contributed by atoms with van der Waals surface area (Å²) >= 11 is 0. The Labute approximate surface area is 405 Å². The number of hydrogen-bond acceptors (Lipinski definition) is 6. The summed E-state index contributed by atoms with van der Waals surface area (Å²) in [6.07, 6.45) is 46.1. The Morgan fingerprint density at radius 1 is 0.606 bits per heavy atom. The molecule has 0 aromatic heterocycles. The SMILES string of the molecule is CCCCCCCCCCCCCC(=O)OCCN(CCOC(=O)CCCCCCCCCCCCC)C(=O)CCCCCNC(=O)C=C(C)C=CC=C(C)C=CC1=C(C)CCCC1(C)C. The Kier molecular flexibility index (Phi) is 37.3. The second-order valence-corrected chi connectivity index (χ2v) is 19.9. The van der Waals surface area contributed by atoms with Crippen molar-refractivity contribution in [1.82, 2.24) is 10.2 Å². The lowest BCUT2D eigenvalue weighted by atomic mass is 9.72. The first-order valence-electron chi connectivity index (χ1n) is 27.2.